The lowest BCUT2D eigenvalue weighted by Crippen LogP contribution is -2.58. The minimum atomic E-state index is -0.699. The van der Waals surface area contributed by atoms with Crippen LogP contribution in [0.2, 0.25) is 0 Å². The van der Waals surface area contributed by atoms with E-state index in [4.69, 9.17) is 0 Å². The molecule has 1 aliphatic carbocycles. The molecule has 2 atom stereocenters. The highest BCUT2D eigenvalue weighted by molar-refractivity contribution is 6.07. The molecule has 0 radical (unpaired) electrons. The molecule has 0 aromatic carbocycles. The monoisotopic (exact) mass is 294 g/mol. The van der Waals surface area contributed by atoms with Gasteiger partial charge in [-0.25, -0.2) is 4.79 Å². The van der Waals surface area contributed by atoms with Crippen molar-refractivity contribution in [3.8, 4) is 0 Å². The first-order valence-electron chi connectivity index (χ1n) is 8.03. The van der Waals surface area contributed by atoms with Crippen LogP contribution in [0.3, 0.4) is 0 Å². The molecule has 0 bridgehead atoms. The smallest absolute Gasteiger partial charge is 0.323 e. The van der Waals surface area contributed by atoms with Crippen LogP contribution >= 0.6 is 0 Å². The molecule has 1 aliphatic heterocycles. The number of imide groups is 1. The maximum Gasteiger partial charge on any atom is 0.325 e. The number of urea groups is 1. The van der Waals surface area contributed by atoms with Crippen LogP contribution in [-0.2, 0) is 9.59 Å². The molecule has 0 aromatic rings. The molecule has 1 N–H and O–H groups in total. The van der Waals surface area contributed by atoms with Crippen molar-refractivity contribution in [3.05, 3.63) is 0 Å². The molecular formula is C16H26N2O3. The SMILES string of the molecule is CC(=O)CCCCN1C(=O)NC2(C1=O)C(C)CCCC2C. The van der Waals surface area contributed by atoms with Gasteiger partial charge in [0.25, 0.3) is 5.91 Å². The fraction of sp³-hybridized carbons (Fsp3) is 0.812. The van der Waals surface area contributed by atoms with Gasteiger partial charge in [-0.2, -0.15) is 0 Å². The lowest BCUT2D eigenvalue weighted by Gasteiger charge is -2.42. The molecule has 2 fully saturated rings. The summed E-state index contributed by atoms with van der Waals surface area (Å²) in [7, 11) is 0. The predicted octanol–water partition coefficient (Wildman–Crippen LogP) is 2.49. The van der Waals surface area contributed by atoms with Crippen LogP contribution in [-0.4, -0.2) is 34.7 Å². The second-order valence-corrected chi connectivity index (χ2v) is 6.65. The molecule has 1 spiro atoms. The zero-order chi connectivity index (χ0) is 15.6. The quantitative estimate of drug-likeness (QED) is 0.626. The number of unbranched alkanes of at least 4 members (excludes halogenated alkanes) is 1. The van der Waals surface area contributed by atoms with Crippen molar-refractivity contribution >= 4 is 17.7 Å². The first-order chi connectivity index (χ1) is 9.89. The van der Waals surface area contributed by atoms with Gasteiger partial charge in [-0.1, -0.05) is 20.3 Å². The van der Waals surface area contributed by atoms with E-state index in [1.54, 1.807) is 6.92 Å². The fourth-order valence-corrected chi connectivity index (χ4v) is 3.80. The van der Waals surface area contributed by atoms with E-state index in [-0.39, 0.29) is 29.6 Å². The van der Waals surface area contributed by atoms with Gasteiger partial charge in [-0.3, -0.25) is 9.69 Å². The highest BCUT2D eigenvalue weighted by Gasteiger charge is 2.57. The molecule has 118 valence electrons. The number of hydrogen-bond donors (Lipinski definition) is 1. The number of amides is 3. The van der Waals surface area contributed by atoms with E-state index >= 15 is 0 Å². The van der Waals surface area contributed by atoms with Gasteiger partial charge in [0.2, 0.25) is 0 Å². The highest BCUT2D eigenvalue weighted by atomic mass is 16.2. The van der Waals surface area contributed by atoms with E-state index in [9.17, 15) is 14.4 Å². The number of Topliss-reactive ketones (excluding diaryl/α,β-unsaturated/α-hetero) is 1. The minimum absolute atomic E-state index is 0.0602. The molecule has 5 heteroatoms. The standard InChI is InChI=1S/C16H26N2O3/c1-11-7-6-8-12(2)16(11)14(20)18(15(21)17-16)10-5-4-9-13(3)19/h11-12H,4-10H2,1-3H3,(H,17,21). The normalized spacial score (nSPS) is 32.6. The Kier molecular flexibility index (Phi) is 4.69. The topological polar surface area (TPSA) is 66.5 Å². The molecule has 21 heavy (non-hydrogen) atoms. The molecule has 1 heterocycles. The summed E-state index contributed by atoms with van der Waals surface area (Å²) in [5, 5.41) is 2.99. The number of nitrogens with zero attached hydrogens (tertiary/aromatic N) is 1. The van der Waals surface area contributed by atoms with Crippen LogP contribution in [0, 0.1) is 11.8 Å². The second kappa shape index (κ2) is 6.16. The molecular weight excluding hydrogens is 268 g/mol. The number of rotatable bonds is 5. The van der Waals surface area contributed by atoms with Crippen LogP contribution < -0.4 is 5.32 Å². The predicted molar refractivity (Wildman–Crippen MR) is 79.7 cm³/mol. The number of hydrogen-bond acceptors (Lipinski definition) is 3. The number of carbonyl (C=O) groups excluding carboxylic acids is 3. The van der Waals surface area contributed by atoms with E-state index in [1.807, 2.05) is 0 Å². The molecule has 0 aromatic heterocycles. The van der Waals surface area contributed by atoms with Crippen LogP contribution in [0.15, 0.2) is 0 Å². The molecule has 5 nitrogen and oxygen atoms in total. The Balaban J connectivity index is 2.03. The number of carbonyl (C=O) groups is 3. The van der Waals surface area contributed by atoms with Crippen molar-refractivity contribution < 1.29 is 14.4 Å². The fourth-order valence-electron chi connectivity index (χ4n) is 3.80. The van der Waals surface area contributed by atoms with Crippen molar-refractivity contribution in [2.75, 3.05) is 6.54 Å². The average Bonchev–Trinajstić information content (AvgIpc) is 2.66. The van der Waals surface area contributed by atoms with E-state index in [0.717, 1.165) is 25.7 Å². The summed E-state index contributed by atoms with van der Waals surface area (Å²) in [6.07, 6.45) is 5.01. The lowest BCUT2D eigenvalue weighted by molar-refractivity contribution is -0.136. The first-order valence-corrected chi connectivity index (χ1v) is 8.03. The van der Waals surface area contributed by atoms with Gasteiger partial charge in [0, 0.05) is 13.0 Å². The molecule has 3 amide bonds. The van der Waals surface area contributed by atoms with Gasteiger partial charge >= 0.3 is 6.03 Å². The van der Waals surface area contributed by atoms with E-state index in [2.05, 4.69) is 19.2 Å². The van der Waals surface area contributed by atoms with Gasteiger partial charge in [0.05, 0.1) is 0 Å². The Morgan fingerprint density at radius 2 is 1.86 bits per heavy atom. The van der Waals surface area contributed by atoms with Gasteiger partial charge in [0.15, 0.2) is 0 Å². The molecule has 2 rings (SSSR count). The summed E-state index contributed by atoms with van der Waals surface area (Å²) in [5.41, 5.74) is -0.699. The maximum atomic E-state index is 12.8. The highest BCUT2D eigenvalue weighted by Crippen LogP contribution is 2.42. The van der Waals surface area contributed by atoms with Crippen molar-refractivity contribution in [1.29, 1.82) is 0 Å². The summed E-state index contributed by atoms with van der Waals surface area (Å²) >= 11 is 0. The van der Waals surface area contributed by atoms with Crippen LogP contribution in [0.25, 0.3) is 0 Å². The van der Waals surface area contributed by atoms with E-state index in [0.29, 0.717) is 19.4 Å². The van der Waals surface area contributed by atoms with E-state index in [1.165, 1.54) is 4.90 Å². The third-order valence-electron chi connectivity index (χ3n) is 5.15. The zero-order valence-corrected chi connectivity index (χ0v) is 13.3. The van der Waals surface area contributed by atoms with Gasteiger partial charge < -0.3 is 10.1 Å². The van der Waals surface area contributed by atoms with Crippen LogP contribution in [0.5, 0.6) is 0 Å². The summed E-state index contributed by atoms with van der Waals surface area (Å²) in [6, 6.07) is -0.261. The van der Waals surface area contributed by atoms with E-state index < -0.39 is 5.54 Å². The summed E-state index contributed by atoms with van der Waals surface area (Å²) in [5.74, 6) is 0.452. The van der Waals surface area contributed by atoms with Crippen LogP contribution in [0.1, 0.15) is 59.3 Å². The Labute approximate surface area is 126 Å². The largest absolute Gasteiger partial charge is 0.325 e. The third kappa shape index (κ3) is 2.83. The average molecular weight is 294 g/mol. The Bertz CT molecular complexity index is 437. The Morgan fingerprint density at radius 3 is 2.43 bits per heavy atom. The third-order valence-corrected chi connectivity index (χ3v) is 5.15. The van der Waals surface area contributed by atoms with Crippen molar-refractivity contribution in [1.82, 2.24) is 10.2 Å². The number of ketones is 1. The van der Waals surface area contributed by atoms with Crippen molar-refractivity contribution in [3.63, 3.8) is 0 Å². The lowest BCUT2D eigenvalue weighted by atomic mass is 9.67. The van der Waals surface area contributed by atoms with Crippen LogP contribution in [0.4, 0.5) is 4.79 Å². The molecule has 2 aliphatic rings. The maximum absolute atomic E-state index is 12.8. The second-order valence-electron chi connectivity index (χ2n) is 6.65. The zero-order valence-electron chi connectivity index (χ0n) is 13.3. The van der Waals surface area contributed by atoms with Gasteiger partial charge in [-0.15, -0.1) is 0 Å². The summed E-state index contributed by atoms with van der Waals surface area (Å²) in [6.45, 7) is 6.10. The number of nitrogens with one attached hydrogen (secondary N) is 1. The Morgan fingerprint density at radius 1 is 1.24 bits per heavy atom. The van der Waals surface area contributed by atoms with Gasteiger partial charge in [-0.05, 0) is 44.4 Å². The minimum Gasteiger partial charge on any atom is -0.323 e. The Hall–Kier alpha value is -1.39. The van der Waals surface area contributed by atoms with Crippen molar-refractivity contribution in [2.24, 2.45) is 11.8 Å². The summed E-state index contributed by atoms with van der Waals surface area (Å²) in [4.78, 5) is 37.3. The van der Waals surface area contributed by atoms with Gasteiger partial charge in [0.1, 0.15) is 11.3 Å². The first kappa shape index (κ1) is 16.0. The molecule has 2 unspecified atom stereocenters. The molecule has 1 saturated heterocycles. The van der Waals surface area contributed by atoms with Crippen molar-refractivity contribution in [2.45, 2.75) is 64.8 Å². The molecule has 1 saturated carbocycles. The summed E-state index contributed by atoms with van der Waals surface area (Å²) < 4.78 is 0.